The molecule has 6 heteroatoms. The molecule has 19 heavy (non-hydrogen) atoms. The van der Waals surface area contributed by atoms with Crippen LogP contribution in [0.5, 0.6) is 0 Å². The Hall–Kier alpha value is -1.07. The van der Waals surface area contributed by atoms with Crippen LogP contribution in [0.25, 0.3) is 11.2 Å². The van der Waals surface area contributed by atoms with Gasteiger partial charge in [-0.3, -0.25) is 0 Å². The fourth-order valence-electron chi connectivity index (χ4n) is 2.92. The maximum Gasteiger partial charge on any atom is 0.159 e. The first-order valence-electron chi connectivity index (χ1n) is 6.69. The lowest BCUT2D eigenvalue weighted by molar-refractivity contribution is 0.161. The van der Waals surface area contributed by atoms with Crippen molar-refractivity contribution >= 4 is 22.8 Å². The molecule has 1 aliphatic heterocycles. The molecule has 2 aromatic heterocycles. The highest BCUT2D eigenvalue weighted by molar-refractivity contribution is 6.16. The summed E-state index contributed by atoms with van der Waals surface area (Å²) in [6.07, 6.45) is 0.982. The third-order valence-corrected chi connectivity index (χ3v) is 4.18. The second-order valence-corrected chi connectivity index (χ2v) is 5.64. The number of aromatic nitrogens is 4. The highest BCUT2D eigenvalue weighted by atomic mass is 35.5. The molecule has 3 rings (SSSR count). The van der Waals surface area contributed by atoms with Gasteiger partial charge in [-0.25, -0.2) is 9.67 Å². The van der Waals surface area contributed by atoms with Gasteiger partial charge in [0.15, 0.2) is 5.65 Å². The third-order valence-electron chi connectivity index (χ3n) is 3.94. The van der Waals surface area contributed by atoms with Crippen LogP contribution in [0, 0.1) is 6.92 Å². The largest absolute Gasteiger partial charge is 0.379 e. The summed E-state index contributed by atoms with van der Waals surface area (Å²) in [4.78, 5) is 4.68. The van der Waals surface area contributed by atoms with E-state index in [1.54, 1.807) is 0 Å². The average Bonchev–Trinajstić information content (AvgIpc) is 3.05. The second-order valence-electron chi connectivity index (χ2n) is 5.37. The van der Waals surface area contributed by atoms with Gasteiger partial charge >= 0.3 is 0 Å². The molecule has 1 fully saturated rings. The maximum absolute atomic E-state index is 6.09. The minimum atomic E-state index is -0.0711. The van der Waals surface area contributed by atoms with Gasteiger partial charge in [-0.15, -0.1) is 11.6 Å². The quantitative estimate of drug-likeness (QED) is 0.812. The van der Waals surface area contributed by atoms with Gasteiger partial charge in [0.05, 0.1) is 23.7 Å². The van der Waals surface area contributed by atoms with E-state index in [0.717, 1.165) is 42.3 Å². The van der Waals surface area contributed by atoms with E-state index < -0.39 is 0 Å². The third kappa shape index (κ3) is 1.79. The summed E-state index contributed by atoms with van der Waals surface area (Å²) in [5.41, 5.74) is 2.93. The monoisotopic (exact) mass is 282 g/mol. The highest BCUT2D eigenvalue weighted by Gasteiger charge is 2.36. The van der Waals surface area contributed by atoms with Crippen LogP contribution < -0.4 is 0 Å². The molecular weight excluding hydrogens is 264 g/mol. The van der Waals surface area contributed by atoms with Gasteiger partial charge in [0.1, 0.15) is 11.3 Å². The Morgan fingerprint density at radius 3 is 2.84 bits per heavy atom. The van der Waals surface area contributed by atoms with E-state index in [4.69, 9.17) is 16.3 Å². The molecule has 0 bridgehead atoms. The fraction of sp³-hybridized carbons (Fsp3) is 0.692. The van der Waals surface area contributed by atoms with Crippen molar-refractivity contribution in [1.29, 1.82) is 0 Å². The molecule has 1 unspecified atom stereocenters. The van der Waals surface area contributed by atoms with Gasteiger partial charge in [-0.1, -0.05) is 0 Å². The fourth-order valence-corrected chi connectivity index (χ4v) is 3.10. The van der Waals surface area contributed by atoms with Crippen LogP contribution in [0.4, 0.5) is 0 Å². The topological polar surface area (TPSA) is 44.9 Å². The summed E-state index contributed by atoms with van der Waals surface area (Å²) < 4.78 is 9.84. The molecule has 0 aliphatic carbocycles. The van der Waals surface area contributed by atoms with Crippen LogP contribution in [-0.2, 0) is 22.7 Å². The normalized spacial score (nSPS) is 23.6. The maximum atomic E-state index is 6.09. The Bertz CT molecular complexity index is 610. The van der Waals surface area contributed by atoms with Crippen LogP contribution in [0.15, 0.2) is 0 Å². The number of nitrogens with zero attached hydrogens (tertiary/aromatic N) is 4. The summed E-state index contributed by atoms with van der Waals surface area (Å²) in [5.74, 6) is 1.32. The highest BCUT2D eigenvalue weighted by Crippen LogP contribution is 2.33. The number of ether oxygens (including phenoxy) is 1. The van der Waals surface area contributed by atoms with Crippen molar-refractivity contribution in [3.63, 3.8) is 0 Å². The van der Waals surface area contributed by atoms with Crippen LogP contribution in [0.1, 0.15) is 31.8 Å². The molecule has 0 aromatic carbocycles. The minimum absolute atomic E-state index is 0.0711. The van der Waals surface area contributed by atoms with Crippen LogP contribution in [0.3, 0.4) is 0 Å². The number of rotatable bonds is 3. The lowest BCUT2D eigenvalue weighted by Crippen LogP contribution is -2.32. The molecule has 0 radical (unpaired) electrons. The van der Waals surface area contributed by atoms with Crippen LogP contribution in [-0.4, -0.2) is 32.5 Å². The van der Waals surface area contributed by atoms with E-state index in [9.17, 15) is 0 Å². The van der Waals surface area contributed by atoms with E-state index in [2.05, 4.69) is 28.5 Å². The Labute approximate surface area is 117 Å². The molecule has 2 aromatic rings. The smallest absolute Gasteiger partial charge is 0.159 e. The lowest BCUT2D eigenvalue weighted by Gasteiger charge is -2.26. The number of hydrogen-bond donors (Lipinski definition) is 0. The van der Waals surface area contributed by atoms with Crippen molar-refractivity contribution in [3.05, 3.63) is 11.5 Å². The van der Waals surface area contributed by atoms with Crippen molar-refractivity contribution < 1.29 is 4.74 Å². The number of halogens is 1. The van der Waals surface area contributed by atoms with Crippen LogP contribution in [0.2, 0.25) is 0 Å². The van der Waals surface area contributed by atoms with Gasteiger partial charge in [0, 0.05) is 13.2 Å². The predicted octanol–water partition coefficient (Wildman–Crippen LogP) is 2.44. The Morgan fingerprint density at radius 2 is 2.26 bits per heavy atom. The van der Waals surface area contributed by atoms with Gasteiger partial charge in [-0.05, 0) is 27.2 Å². The van der Waals surface area contributed by atoms with Gasteiger partial charge in [-0.2, -0.15) is 5.10 Å². The zero-order chi connectivity index (χ0) is 13.6. The Morgan fingerprint density at radius 1 is 1.47 bits per heavy atom. The van der Waals surface area contributed by atoms with E-state index in [-0.39, 0.29) is 5.54 Å². The molecule has 0 amide bonds. The number of alkyl halides is 1. The van der Waals surface area contributed by atoms with E-state index in [1.165, 1.54) is 0 Å². The number of aryl methyl sites for hydroxylation is 2. The number of hydrogen-bond acceptors (Lipinski definition) is 3. The van der Waals surface area contributed by atoms with Crippen molar-refractivity contribution in [1.82, 2.24) is 19.3 Å². The summed E-state index contributed by atoms with van der Waals surface area (Å²) in [5, 5.41) is 4.56. The summed E-state index contributed by atoms with van der Waals surface area (Å²) in [6.45, 7) is 8.62. The van der Waals surface area contributed by atoms with Gasteiger partial charge < -0.3 is 9.30 Å². The summed E-state index contributed by atoms with van der Waals surface area (Å²) in [7, 11) is 0. The molecule has 1 saturated heterocycles. The summed E-state index contributed by atoms with van der Waals surface area (Å²) in [6, 6.07) is 0. The average molecular weight is 283 g/mol. The molecule has 104 valence electrons. The number of fused-ring (bicyclic) bond motifs is 1. The summed E-state index contributed by atoms with van der Waals surface area (Å²) >= 11 is 6.09. The van der Waals surface area contributed by atoms with Crippen molar-refractivity contribution in [3.8, 4) is 0 Å². The Balaban J connectivity index is 2.31. The lowest BCUT2D eigenvalue weighted by atomic mass is 10.0. The first-order valence-corrected chi connectivity index (χ1v) is 7.23. The van der Waals surface area contributed by atoms with Crippen molar-refractivity contribution in [2.45, 2.75) is 45.2 Å². The molecule has 0 spiro atoms. The zero-order valence-electron chi connectivity index (χ0n) is 11.6. The van der Waals surface area contributed by atoms with E-state index >= 15 is 0 Å². The van der Waals surface area contributed by atoms with Crippen molar-refractivity contribution in [2.24, 2.45) is 0 Å². The molecule has 0 saturated carbocycles. The van der Waals surface area contributed by atoms with Gasteiger partial charge in [0.25, 0.3) is 0 Å². The first kappa shape index (κ1) is 12.9. The molecular formula is C13H19ClN4O. The second kappa shape index (κ2) is 4.49. The van der Waals surface area contributed by atoms with Crippen molar-refractivity contribution in [2.75, 3.05) is 13.2 Å². The number of imidazole rings is 1. The zero-order valence-corrected chi connectivity index (χ0v) is 12.4. The molecule has 0 N–H and O–H groups in total. The molecule has 3 heterocycles. The van der Waals surface area contributed by atoms with E-state index in [1.807, 2.05) is 11.6 Å². The SMILES string of the molecule is CCn1nc(C)c2nc(CCl)n(C3(C)CCOC3)c21. The standard InChI is InChI=1S/C13H19ClN4O/c1-4-17-12-11(9(2)16-17)15-10(7-14)18(12)13(3)5-6-19-8-13/h4-8H2,1-3H3. The van der Waals surface area contributed by atoms with Crippen LogP contribution >= 0.6 is 11.6 Å². The van der Waals surface area contributed by atoms with Gasteiger partial charge in [0.2, 0.25) is 0 Å². The predicted molar refractivity (Wildman–Crippen MR) is 74.6 cm³/mol. The molecule has 5 nitrogen and oxygen atoms in total. The minimum Gasteiger partial charge on any atom is -0.379 e. The first-order chi connectivity index (χ1) is 9.10. The molecule has 1 aliphatic rings. The van der Waals surface area contributed by atoms with E-state index in [0.29, 0.717) is 12.5 Å². The molecule has 1 atom stereocenters. The Kier molecular flexibility index (Phi) is 3.06.